The molecule has 0 aliphatic carbocycles. The fourth-order valence-corrected chi connectivity index (χ4v) is 8.18. The Balaban J connectivity index is 1.79. The van der Waals surface area contributed by atoms with E-state index < -0.39 is 19.2 Å². The molecule has 0 saturated heterocycles. The summed E-state index contributed by atoms with van der Waals surface area (Å²) < 4.78 is 16.7. The molecule has 3 heteroatoms. The predicted molar refractivity (Wildman–Crippen MR) is 152 cm³/mol. The monoisotopic (exact) mass is 522 g/mol. The van der Waals surface area contributed by atoms with Gasteiger partial charge in [-0.25, -0.2) is 0 Å². The first-order valence-electron chi connectivity index (χ1n) is 12.7. The van der Waals surface area contributed by atoms with Gasteiger partial charge >= 0.3 is 207 Å². The minimum atomic E-state index is -2.21. The van der Waals surface area contributed by atoms with Gasteiger partial charge in [-0.2, -0.15) is 0 Å². The molecule has 2 nitrogen and oxygen atoms in total. The van der Waals surface area contributed by atoms with Crippen LogP contribution in [0.25, 0.3) is 44.7 Å². The number of fused-ring (bicyclic) bond motifs is 1. The zero-order chi connectivity index (χ0) is 25.7. The maximum absolute atomic E-state index is 8.87. The molecule has 5 aromatic rings. The maximum atomic E-state index is 8.87. The van der Waals surface area contributed by atoms with Crippen LogP contribution in [0.1, 0.15) is 32.2 Å². The summed E-state index contributed by atoms with van der Waals surface area (Å²) in [7, 11) is 0. The van der Waals surface area contributed by atoms with Crippen LogP contribution in [-0.4, -0.2) is 18.3 Å². The van der Waals surface area contributed by atoms with Gasteiger partial charge in [0.15, 0.2) is 0 Å². The Labute approximate surface area is 212 Å². The summed E-state index contributed by atoms with van der Waals surface area (Å²) in [6.07, 6.45) is 2.04. The first kappa shape index (κ1) is 22.4. The first-order valence-corrected chi connectivity index (χ1v) is 19.6. The predicted octanol–water partition coefficient (Wildman–Crippen LogP) is 8.81. The van der Waals surface area contributed by atoms with Crippen molar-refractivity contribution in [2.24, 2.45) is 0 Å². The number of rotatable bonds is 5. The van der Waals surface area contributed by atoms with Crippen molar-refractivity contribution in [3.63, 3.8) is 0 Å². The van der Waals surface area contributed by atoms with Gasteiger partial charge in [-0.1, -0.05) is 6.07 Å². The van der Waals surface area contributed by atoms with Gasteiger partial charge in [0.05, 0.1) is 0 Å². The van der Waals surface area contributed by atoms with E-state index in [1.54, 1.807) is 0 Å². The van der Waals surface area contributed by atoms with Crippen molar-refractivity contribution < 1.29 is 5.79 Å². The van der Waals surface area contributed by atoms with Gasteiger partial charge in [0.2, 0.25) is 0 Å². The molecule has 0 N–H and O–H groups in total. The standard InChI is InChI=1S/C32H33GeNO/c1-21(2)26-19-29(34-20-28(26)33(4,5)6)25-17-27(23-13-9-7-10-14-23)31-22(3)32(35-30(31)18-25)24-15-11-8-12-16-24/h7-21H,1-6H3/i21D. The van der Waals surface area contributed by atoms with Gasteiger partial charge in [0.1, 0.15) is 0 Å². The molecule has 2 heterocycles. The summed E-state index contributed by atoms with van der Waals surface area (Å²) in [4.78, 5) is 4.94. The summed E-state index contributed by atoms with van der Waals surface area (Å²) in [6, 6.07) is 27.3. The molecular formula is C32H33GeNO. The third-order valence-electron chi connectivity index (χ3n) is 6.70. The Morgan fingerprint density at radius 3 is 2.06 bits per heavy atom. The second kappa shape index (κ2) is 9.16. The van der Waals surface area contributed by atoms with Crippen LogP contribution in [0.2, 0.25) is 17.3 Å². The first-order chi connectivity index (χ1) is 17.0. The molecule has 0 atom stereocenters. The Kier molecular flexibility index (Phi) is 5.85. The van der Waals surface area contributed by atoms with E-state index in [0.29, 0.717) is 0 Å². The van der Waals surface area contributed by atoms with E-state index in [1.165, 1.54) is 4.40 Å². The topological polar surface area (TPSA) is 26.0 Å². The van der Waals surface area contributed by atoms with Crippen molar-refractivity contribution in [3.05, 3.63) is 96.2 Å². The summed E-state index contributed by atoms with van der Waals surface area (Å²) in [5.74, 6) is 7.30. The third kappa shape index (κ3) is 4.48. The van der Waals surface area contributed by atoms with Crippen LogP contribution in [0.4, 0.5) is 0 Å². The van der Waals surface area contributed by atoms with Crippen molar-refractivity contribution in [2.45, 2.75) is 43.9 Å². The Bertz CT molecular complexity index is 1540. The Morgan fingerprint density at radius 2 is 1.46 bits per heavy atom. The number of pyridine rings is 1. The molecule has 5 rings (SSSR count). The van der Waals surface area contributed by atoms with Crippen molar-refractivity contribution in [2.75, 3.05) is 0 Å². The molecule has 0 spiro atoms. The molecule has 0 aliphatic rings. The van der Waals surface area contributed by atoms with Crippen molar-refractivity contribution in [3.8, 4) is 33.7 Å². The molecule has 2 aromatic heterocycles. The van der Waals surface area contributed by atoms with Crippen LogP contribution in [-0.2, 0) is 0 Å². The number of aryl methyl sites for hydroxylation is 1. The number of aromatic nitrogens is 1. The SMILES string of the molecule is [2H]C(C)(C)c1cc(-c2cc(-c3ccccc3)c3c(C)c(-c4ccccc4)oc3c2)nc[c]1[Ge]([CH3])([CH3])[CH3]. The van der Waals surface area contributed by atoms with Crippen LogP contribution in [0.5, 0.6) is 0 Å². The van der Waals surface area contributed by atoms with Crippen molar-refractivity contribution in [1.82, 2.24) is 4.98 Å². The minimum absolute atomic E-state index is 0.695. The number of hydrogen-bond donors (Lipinski definition) is 0. The van der Waals surface area contributed by atoms with Gasteiger partial charge < -0.3 is 0 Å². The number of nitrogens with zero attached hydrogens (tertiary/aromatic N) is 1. The second-order valence-electron chi connectivity index (χ2n) is 10.6. The van der Waals surface area contributed by atoms with Crippen molar-refractivity contribution >= 4 is 28.6 Å². The molecule has 3 aromatic carbocycles. The Morgan fingerprint density at radius 1 is 0.829 bits per heavy atom. The summed E-state index contributed by atoms with van der Waals surface area (Å²) in [6.45, 7) is 6.10. The molecule has 0 unspecified atom stereocenters. The van der Waals surface area contributed by atoms with Crippen LogP contribution < -0.4 is 4.40 Å². The number of furan rings is 1. The average Bonchev–Trinajstić information content (AvgIpc) is 3.19. The summed E-state index contributed by atoms with van der Waals surface area (Å²) in [5.41, 5.74) is 8.33. The molecule has 0 radical (unpaired) electrons. The zero-order valence-corrected chi connectivity index (χ0v) is 23.5. The van der Waals surface area contributed by atoms with E-state index in [4.69, 9.17) is 10.8 Å². The number of benzene rings is 3. The van der Waals surface area contributed by atoms with Crippen LogP contribution >= 0.6 is 0 Å². The van der Waals surface area contributed by atoms with Crippen molar-refractivity contribution in [1.29, 1.82) is 0 Å². The van der Waals surface area contributed by atoms with Gasteiger partial charge in [-0.3, -0.25) is 0 Å². The number of hydrogen-bond acceptors (Lipinski definition) is 2. The van der Waals surface area contributed by atoms with Gasteiger partial charge in [-0.05, 0) is 0 Å². The third-order valence-corrected chi connectivity index (χ3v) is 10.9. The fraction of sp³-hybridized carbons (Fsp3) is 0.219. The van der Waals surface area contributed by atoms with Crippen LogP contribution in [0.15, 0.2) is 89.5 Å². The van der Waals surface area contributed by atoms with E-state index in [1.807, 2.05) is 44.3 Å². The quantitative estimate of drug-likeness (QED) is 0.216. The zero-order valence-electron chi connectivity index (χ0n) is 22.4. The van der Waals surface area contributed by atoms with Gasteiger partial charge in [0.25, 0.3) is 0 Å². The van der Waals surface area contributed by atoms with E-state index in [0.717, 1.165) is 55.8 Å². The molecule has 0 bridgehead atoms. The molecule has 0 fully saturated rings. The van der Waals surface area contributed by atoms with Gasteiger partial charge in [-0.15, -0.1) is 0 Å². The average molecular weight is 521 g/mol. The Hall–Kier alpha value is -3.11. The van der Waals surface area contributed by atoms with Crippen LogP contribution in [0, 0.1) is 6.92 Å². The van der Waals surface area contributed by atoms with Gasteiger partial charge in [0, 0.05) is 0 Å². The van der Waals surface area contributed by atoms with E-state index in [2.05, 4.69) is 78.8 Å². The fourth-order valence-electron chi connectivity index (χ4n) is 4.87. The molecular weight excluding hydrogens is 487 g/mol. The second-order valence-corrected chi connectivity index (χ2v) is 21.1. The van der Waals surface area contributed by atoms with E-state index in [9.17, 15) is 0 Å². The van der Waals surface area contributed by atoms with Crippen LogP contribution in [0.3, 0.4) is 0 Å². The van der Waals surface area contributed by atoms with E-state index in [-0.39, 0.29) is 0 Å². The normalized spacial score (nSPS) is 12.7. The summed E-state index contributed by atoms with van der Waals surface area (Å²) >= 11 is -2.21. The molecule has 0 amide bonds. The summed E-state index contributed by atoms with van der Waals surface area (Å²) in [5, 5.41) is 1.13. The van der Waals surface area contributed by atoms with E-state index >= 15 is 0 Å². The molecule has 176 valence electrons. The molecule has 0 aliphatic heterocycles. The molecule has 0 saturated carbocycles. The molecule has 35 heavy (non-hydrogen) atoms.